The lowest BCUT2D eigenvalue weighted by Gasteiger charge is -2.30. The second-order valence-corrected chi connectivity index (χ2v) is 8.76. The smallest absolute Gasteiger partial charge is 0.240 e. The standard InChI is InChI=1S/C19H30N2O3S/c1-15-10-11-19(16(2)14-15)25(23,24)20-12-13-21(17(3)22)18-8-6-4-5-7-9-18/h10-11,14,18,20H,4-9,12-13H2,1-3H3. The van der Waals surface area contributed by atoms with Crippen molar-refractivity contribution in [2.24, 2.45) is 0 Å². The molecule has 0 heterocycles. The van der Waals surface area contributed by atoms with E-state index < -0.39 is 10.0 Å². The highest BCUT2D eigenvalue weighted by Gasteiger charge is 2.23. The molecule has 0 atom stereocenters. The van der Waals surface area contributed by atoms with Gasteiger partial charge in [0, 0.05) is 26.1 Å². The molecule has 0 aromatic heterocycles. The third-order valence-corrected chi connectivity index (χ3v) is 6.56. The summed E-state index contributed by atoms with van der Waals surface area (Å²) in [6.45, 7) is 5.97. The van der Waals surface area contributed by atoms with E-state index in [1.807, 2.05) is 17.9 Å². The molecular weight excluding hydrogens is 336 g/mol. The third kappa shape index (κ3) is 5.54. The van der Waals surface area contributed by atoms with Crippen LogP contribution in [0.15, 0.2) is 23.1 Å². The van der Waals surface area contributed by atoms with E-state index >= 15 is 0 Å². The molecule has 0 spiro atoms. The Kier molecular flexibility index (Phi) is 7.02. The molecule has 1 aromatic carbocycles. The van der Waals surface area contributed by atoms with Gasteiger partial charge in [-0.1, -0.05) is 43.4 Å². The predicted octanol–water partition coefficient (Wildman–Crippen LogP) is 3.15. The van der Waals surface area contributed by atoms with Crippen LogP contribution in [0.5, 0.6) is 0 Å². The highest BCUT2D eigenvalue weighted by molar-refractivity contribution is 7.89. The first-order valence-corrected chi connectivity index (χ1v) is 10.6. The molecule has 1 aliphatic rings. The third-order valence-electron chi connectivity index (χ3n) is 4.93. The molecule has 1 amide bonds. The minimum atomic E-state index is -3.55. The van der Waals surface area contributed by atoms with Crippen molar-refractivity contribution in [2.75, 3.05) is 13.1 Å². The number of hydrogen-bond donors (Lipinski definition) is 1. The van der Waals surface area contributed by atoms with Gasteiger partial charge in [-0.2, -0.15) is 0 Å². The largest absolute Gasteiger partial charge is 0.339 e. The van der Waals surface area contributed by atoms with Gasteiger partial charge in [-0.05, 0) is 38.3 Å². The highest BCUT2D eigenvalue weighted by Crippen LogP contribution is 2.22. The molecule has 0 radical (unpaired) electrons. The maximum Gasteiger partial charge on any atom is 0.240 e. The summed E-state index contributed by atoms with van der Waals surface area (Å²) < 4.78 is 27.7. The maximum atomic E-state index is 12.5. The van der Waals surface area contributed by atoms with Crippen LogP contribution in [0, 0.1) is 13.8 Å². The Balaban J connectivity index is 1.99. The van der Waals surface area contributed by atoms with Gasteiger partial charge >= 0.3 is 0 Å². The fourth-order valence-corrected chi connectivity index (χ4v) is 4.89. The highest BCUT2D eigenvalue weighted by atomic mass is 32.2. The maximum absolute atomic E-state index is 12.5. The zero-order chi connectivity index (χ0) is 18.4. The number of amides is 1. The first-order valence-electron chi connectivity index (χ1n) is 9.15. The molecule has 140 valence electrons. The Morgan fingerprint density at radius 1 is 1.16 bits per heavy atom. The van der Waals surface area contributed by atoms with Crippen LogP contribution < -0.4 is 4.72 Å². The van der Waals surface area contributed by atoms with Crippen LogP contribution in [0.25, 0.3) is 0 Å². The van der Waals surface area contributed by atoms with Gasteiger partial charge in [0.2, 0.25) is 15.9 Å². The summed E-state index contributed by atoms with van der Waals surface area (Å²) in [4.78, 5) is 14.2. The van der Waals surface area contributed by atoms with Crippen LogP contribution in [0.2, 0.25) is 0 Å². The number of carbonyl (C=O) groups excluding carboxylic acids is 1. The zero-order valence-corrected chi connectivity index (χ0v) is 16.4. The van der Waals surface area contributed by atoms with Gasteiger partial charge in [0.1, 0.15) is 0 Å². The molecule has 1 aromatic rings. The van der Waals surface area contributed by atoms with Crippen LogP contribution in [-0.4, -0.2) is 38.4 Å². The lowest BCUT2D eigenvalue weighted by atomic mass is 10.1. The first kappa shape index (κ1) is 19.9. The first-order chi connectivity index (χ1) is 11.8. The second-order valence-electron chi connectivity index (χ2n) is 7.02. The van der Waals surface area contributed by atoms with Crippen molar-refractivity contribution >= 4 is 15.9 Å². The number of hydrogen-bond acceptors (Lipinski definition) is 3. The van der Waals surface area contributed by atoms with Crippen LogP contribution >= 0.6 is 0 Å². The number of rotatable bonds is 6. The molecule has 0 saturated heterocycles. The van der Waals surface area contributed by atoms with Crippen LogP contribution in [0.3, 0.4) is 0 Å². The van der Waals surface area contributed by atoms with Crippen LogP contribution in [0.1, 0.15) is 56.6 Å². The van der Waals surface area contributed by atoms with E-state index in [0.29, 0.717) is 11.4 Å². The van der Waals surface area contributed by atoms with Crippen LogP contribution in [-0.2, 0) is 14.8 Å². The number of nitrogens with zero attached hydrogens (tertiary/aromatic N) is 1. The van der Waals surface area contributed by atoms with Gasteiger partial charge in [0.15, 0.2) is 0 Å². The van der Waals surface area contributed by atoms with Crippen molar-refractivity contribution in [1.29, 1.82) is 0 Å². The van der Waals surface area contributed by atoms with E-state index in [4.69, 9.17) is 0 Å². The summed E-state index contributed by atoms with van der Waals surface area (Å²) in [5.74, 6) is 0.0256. The van der Waals surface area contributed by atoms with Crippen molar-refractivity contribution in [3.05, 3.63) is 29.3 Å². The van der Waals surface area contributed by atoms with Gasteiger partial charge < -0.3 is 4.90 Å². The quantitative estimate of drug-likeness (QED) is 0.787. The molecule has 0 bridgehead atoms. The van der Waals surface area contributed by atoms with Gasteiger partial charge in [-0.25, -0.2) is 13.1 Å². The van der Waals surface area contributed by atoms with Gasteiger partial charge in [0.25, 0.3) is 0 Å². The fourth-order valence-electron chi connectivity index (χ4n) is 3.65. The van der Waals surface area contributed by atoms with E-state index in [1.165, 1.54) is 12.8 Å². The average Bonchev–Trinajstić information content (AvgIpc) is 2.79. The zero-order valence-electron chi connectivity index (χ0n) is 15.5. The summed E-state index contributed by atoms with van der Waals surface area (Å²) in [5.41, 5.74) is 1.77. The van der Waals surface area contributed by atoms with E-state index in [1.54, 1.807) is 26.0 Å². The summed E-state index contributed by atoms with van der Waals surface area (Å²) in [6, 6.07) is 5.54. The minimum absolute atomic E-state index is 0.0256. The van der Waals surface area contributed by atoms with E-state index in [-0.39, 0.29) is 18.5 Å². The lowest BCUT2D eigenvalue weighted by Crippen LogP contribution is -2.43. The number of aryl methyl sites for hydroxylation is 2. The normalized spacial score (nSPS) is 16.4. The number of benzene rings is 1. The molecule has 1 saturated carbocycles. The Morgan fingerprint density at radius 3 is 2.36 bits per heavy atom. The number of sulfonamides is 1. The molecule has 6 heteroatoms. The molecule has 0 aliphatic heterocycles. The molecule has 0 unspecified atom stereocenters. The molecule has 25 heavy (non-hydrogen) atoms. The summed E-state index contributed by atoms with van der Waals surface area (Å²) in [5, 5.41) is 0. The van der Waals surface area contributed by atoms with Gasteiger partial charge in [0.05, 0.1) is 4.90 Å². The van der Waals surface area contributed by atoms with E-state index in [9.17, 15) is 13.2 Å². The molecule has 1 fully saturated rings. The molecular formula is C19H30N2O3S. The van der Waals surface area contributed by atoms with Crippen LogP contribution in [0.4, 0.5) is 0 Å². The summed E-state index contributed by atoms with van der Waals surface area (Å²) in [6.07, 6.45) is 6.77. The molecule has 1 N–H and O–H groups in total. The average molecular weight is 367 g/mol. The second kappa shape index (κ2) is 8.81. The minimum Gasteiger partial charge on any atom is -0.339 e. The SMILES string of the molecule is CC(=O)N(CCNS(=O)(=O)c1ccc(C)cc1C)C1CCCCCC1. The summed E-state index contributed by atoms with van der Waals surface area (Å²) in [7, 11) is -3.55. The van der Waals surface area contributed by atoms with E-state index in [0.717, 1.165) is 36.8 Å². The number of nitrogens with one attached hydrogen (secondary N) is 1. The number of carbonyl (C=O) groups is 1. The Hall–Kier alpha value is -1.40. The predicted molar refractivity (Wildman–Crippen MR) is 100.0 cm³/mol. The van der Waals surface area contributed by atoms with Crippen molar-refractivity contribution in [1.82, 2.24) is 9.62 Å². The Bertz CT molecular complexity index is 693. The Labute approximate surface area is 151 Å². The van der Waals surface area contributed by atoms with Crippen molar-refractivity contribution in [2.45, 2.75) is 70.2 Å². The van der Waals surface area contributed by atoms with Gasteiger partial charge in [-0.3, -0.25) is 4.79 Å². The Morgan fingerprint density at radius 2 is 1.80 bits per heavy atom. The molecule has 5 nitrogen and oxygen atoms in total. The lowest BCUT2D eigenvalue weighted by molar-refractivity contribution is -0.131. The topological polar surface area (TPSA) is 66.5 Å². The molecule has 1 aliphatic carbocycles. The van der Waals surface area contributed by atoms with Gasteiger partial charge in [-0.15, -0.1) is 0 Å². The summed E-state index contributed by atoms with van der Waals surface area (Å²) >= 11 is 0. The van der Waals surface area contributed by atoms with Crippen molar-refractivity contribution in [3.63, 3.8) is 0 Å². The van der Waals surface area contributed by atoms with Crippen molar-refractivity contribution < 1.29 is 13.2 Å². The van der Waals surface area contributed by atoms with E-state index in [2.05, 4.69) is 4.72 Å². The monoisotopic (exact) mass is 366 g/mol. The van der Waals surface area contributed by atoms with Crippen molar-refractivity contribution in [3.8, 4) is 0 Å². The fraction of sp³-hybridized carbons (Fsp3) is 0.632. The molecule has 2 rings (SSSR count).